The van der Waals surface area contributed by atoms with E-state index < -0.39 is 12.1 Å². The number of hydrogen-bond donors (Lipinski definition) is 1. The van der Waals surface area contributed by atoms with Crippen LogP contribution < -0.4 is 4.74 Å². The number of hydrogen-bond acceptors (Lipinski definition) is 8. The molecule has 0 saturated heterocycles. The number of esters is 1. The molecule has 0 amide bonds. The minimum atomic E-state index is -0.617. The lowest BCUT2D eigenvalue weighted by molar-refractivity contribution is -0.148. The van der Waals surface area contributed by atoms with Crippen LogP contribution in [0.25, 0.3) is 33.9 Å². The average molecular weight is 526 g/mol. The fraction of sp³-hybridized carbons (Fsp3) is 0.226. The molecule has 0 fully saturated rings. The van der Waals surface area contributed by atoms with Crippen LogP contribution in [0, 0.1) is 0 Å². The van der Waals surface area contributed by atoms with Gasteiger partial charge in [-0.1, -0.05) is 74.5 Å². The number of phenolic OH excluding ortho intramolecular Hbond substituents is 1. The van der Waals surface area contributed by atoms with Gasteiger partial charge in [0.1, 0.15) is 24.4 Å². The third kappa shape index (κ3) is 7.72. The van der Waals surface area contributed by atoms with Crippen molar-refractivity contribution in [1.29, 1.82) is 0 Å². The van der Waals surface area contributed by atoms with Gasteiger partial charge in [0, 0.05) is 24.3 Å². The number of benzene rings is 3. The molecule has 0 aliphatic heterocycles. The summed E-state index contributed by atoms with van der Waals surface area (Å²) in [6.45, 7) is 6.32. The van der Waals surface area contributed by atoms with Crippen LogP contribution in [-0.2, 0) is 14.3 Å². The summed E-state index contributed by atoms with van der Waals surface area (Å²) in [5.41, 5.74) is 3.49. The minimum Gasteiger partial charge on any atom is -0.507 e. The largest absolute Gasteiger partial charge is 0.507 e. The Morgan fingerprint density at radius 2 is 1.67 bits per heavy atom. The highest BCUT2D eigenvalue weighted by molar-refractivity contribution is 5.81. The Morgan fingerprint density at radius 1 is 0.949 bits per heavy atom. The van der Waals surface area contributed by atoms with Gasteiger partial charge in [0.2, 0.25) is 0 Å². The first-order chi connectivity index (χ1) is 19.1. The zero-order chi connectivity index (χ0) is 27.5. The number of carbonyl (C=O) groups is 1. The van der Waals surface area contributed by atoms with E-state index in [0.29, 0.717) is 29.6 Å². The van der Waals surface area contributed by atoms with Gasteiger partial charge < -0.3 is 19.3 Å². The average Bonchev–Trinajstić information content (AvgIpc) is 2.98. The lowest BCUT2D eigenvalue weighted by Gasteiger charge is -2.18. The van der Waals surface area contributed by atoms with Gasteiger partial charge in [0.15, 0.2) is 17.8 Å². The van der Waals surface area contributed by atoms with Crippen molar-refractivity contribution in [2.45, 2.75) is 25.9 Å². The Morgan fingerprint density at radius 3 is 2.38 bits per heavy atom. The number of rotatable bonds is 13. The molecule has 1 atom stereocenters. The van der Waals surface area contributed by atoms with Crippen molar-refractivity contribution in [3.63, 3.8) is 0 Å². The molecule has 0 saturated carbocycles. The highest BCUT2D eigenvalue weighted by atomic mass is 16.6. The van der Waals surface area contributed by atoms with Crippen LogP contribution in [0.5, 0.6) is 11.5 Å². The molecule has 4 rings (SSSR count). The molecule has 1 unspecified atom stereocenters. The van der Waals surface area contributed by atoms with Gasteiger partial charge >= 0.3 is 5.97 Å². The summed E-state index contributed by atoms with van der Waals surface area (Å²) in [6, 6.07) is 22.9. The van der Waals surface area contributed by atoms with Crippen LogP contribution >= 0.6 is 0 Å². The minimum absolute atomic E-state index is 0.0529. The molecule has 0 aliphatic rings. The van der Waals surface area contributed by atoms with Crippen LogP contribution in [0.15, 0.2) is 91.8 Å². The van der Waals surface area contributed by atoms with Crippen molar-refractivity contribution < 1.29 is 24.1 Å². The Bertz CT molecular complexity index is 1380. The molecule has 0 radical (unpaired) electrons. The second-order valence-corrected chi connectivity index (χ2v) is 8.76. The lowest BCUT2D eigenvalue weighted by Crippen LogP contribution is -2.29. The van der Waals surface area contributed by atoms with Gasteiger partial charge in [-0.25, -0.2) is 19.7 Å². The molecule has 8 heteroatoms. The molecule has 0 bridgehead atoms. The molecule has 200 valence electrons. The van der Waals surface area contributed by atoms with Crippen LogP contribution in [0.3, 0.4) is 0 Å². The predicted octanol–water partition coefficient (Wildman–Crippen LogP) is 5.87. The van der Waals surface area contributed by atoms with Crippen molar-refractivity contribution in [1.82, 2.24) is 15.0 Å². The Kier molecular flexibility index (Phi) is 9.74. The number of carbonyl (C=O) groups excluding carboxylic acids is 1. The molecule has 1 heterocycles. The number of ether oxygens (including phenoxy) is 3. The van der Waals surface area contributed by atoms with E-state index in [4.69, 9.17) is 14.2 Å². The molecule has 0 aliphatic carbocycles. The molecular weight excluding hydrogens is 494 g/mol. The first-order valence-corrected chi connectivity index (χ1v) is 12.8. The number of unbranched alkanes of at least 4 members (excludes halogenated alkanes) is 1. The summed E-state index contributed by atoms with van der Waals surface area (Å²) in [6.07, 6.45) is 3.82. The van der Waals surface area contributed by atoms with Crippen molar-refractivity contribution in [2.75, 3.05) is 19.8 Å². The fourth-order valence-electron chi connectivity index (χ4n) is 3.78. The summed E-state index contributed by atoms with van der Waals surface area (Å²) in [7, 11) is 0. The quantitative estimate of drug-likeness (QED) is 0.131. The highest BCUT2D eigenvalue weighted by Crippen LogP contribution is 2.31. The molecule has 1 N–H and O–H groups in total. The van der Waals surface area contributed by atoms with E-state index in [1.54, 1.807) is 12.1 Å². The smallest absolute Gasteiger partial charge is 0.330 e. The molecule has 1 aromatic heterocycles. The normalized spacial score (nSPS) is 11.5. The van der Waals surface area contributed by atoms with Gasteiger partial charge in [-0.15, -0.1) is 0 Å². The van der Waals surface area contributed by atoms with Crippen LogP contribution in [-0.4, -0.2) is 52.0 Å². The summed E-state index contributed by atoms with van der Waals surface area (Å²) in [5, 5.41) is 10.7. The Balaban J connectivity index is 1.44. The summed E-state index contributed by atoms with van der Waals surface area (Å²) < 4.78 is 16.7. The molecule has 4 aromatic rings. The van der Waals surface area contributed by atoms with Crippen LogP contribution in [0.4, 0.5) is 0 Å². The van der Waals surface area contributed by atoms with E-state index in [9.17, 15) is 9.90 Å². The van der Waals surface area contributed by atoms with Crippen molar-refractivity contribution >= 4 is 5.97 Å². The molecule has 8 nitrogen and oxygen atoms in total. The topological polar surface area (TPSA) is 104 Å². The number of aromatic nitrogens is 3. The second kappa shape index (κ2) is 13.8. The highest BCUT2D eigenvalue weighted by Gasteiger charge is 2.16. The van der Waals surface area contributed by atoms with E-state index in [0.717, 1.165) is 35.6 Å². The summed E-state index contributed by atoms with van der Waals surface area (Å²) in [5.74, 6) is 0.618. The van der Waals surface area contributed by atoms with Gasteiger partial charge in [-0.05, 0) is 29.7 Å². The molecule has 3 aromatic carbocycles. The van der Waals surface area contributed by atoms with E-state index >= 15 is 0 Å². The van der Waals surface area contributed by atoms with Crippen molar-refractivity contribution in [3.8, 4) is 45.4 Å². The summed E-state index contributed by atoms with van der Waals surface area (Å²) >= 11 is 0. The maximum atomic E-state index is 11.7. The zero-order valence-corrected chi connectivity index (χ0v) is 21.8. The van der Waals surface area contributed by atoms with Gasteiger partial charge in [-0.3, -0.25) is 0 Å². The maximum absolute atomic E-state index is 11.7. The van der Waals surface area contributed by atoms with Crippen molar-refractivity contribution in [2.24, 2.45) is 0 Å². The monoisotopic (exact) mass is 525 g/mol. The van der Waals surface area contributed by atoms with E-state index in [1.165, 1.54) is 12.4 Å². The van der Waals surface area contributed by atoms with Gasteiger partial charge in [0.25, 0.3) is 0 Å². The predicted molar refractivity (Wildman–Crippen MR) is 149 cm³/mol. The fourth-order valence-corrected chi connectivity index (χ4v) is 3.78. The molecule has 0 spiro atoms. The van der Waals surface area contributed by atoms with E-state index in [1.807, 2.05) is 42.5 Å². The second-order valence-electron chi connectivity index (χ2n) is 8.76. The van der Waals surface area contributed by atoms with E-state index in [2.05, 4.69) is 40.6 Å². The molecule has 39 heavy (non-hydrogen) atoms. The SMILES string of the molecule is C=CC(=O)OC(COCCCC)COc1ccc(-c2ncnc(-c3ccc(-c4ccccc4)cc3)n2)c(O)c1. The van der Waals surface area contributed by atoms with Gasteiger partial charge in [0.05, 0.1) is 12.2 Å². The van der Waals surface area contributed by atoms with Crippen LogP contribution in [0.1, 0.15) is 19.8 Å². The zero-order valence-electron chi connectivity index (χ0n) is 21.8. The van der Waals surface area contributed by atoms with Crippen molar-refractivity contribution in [3.05, 3.63) is 91.8 Å². The first-order valence-electron chi connectivity index (χ1n) is 12.8. The number of nitrogens with zero attached hydrogens (tertiary/aromatic N) is 3. The molecular formula is C31H31N3O5. The van der Waals surface area contributed by atoms with Crippen LogP contribution in [0.2, 0.25) is 0 Å². The third-order valence-electron chi connectivity index (χ3n) is 5.86. The Hall–Kier alpha value is -4.56. The first kappa shape index (κ1) is 27.5. The maximum Gasteiger partial charge on any atom is 0.330 e. The number of aromatic hydroxyl groups is 1. The standard InChI is InChI=1S/C31H31N3O5/c1-3-5-17-37-19-26(39-29(36)4-2)20-38-25-15-16-27(28(35)18-25)31-33-21-32-30(34-31)24-13-11-23(12-14-24)22-9-7-6-8-10-22/h4,6-16,18,21,26,35H,2-3,5,17,19-20H2,1H3. The lowest BCUT2D eigenvalue weighted by atomic mass is 10.0. The Labute approximate surface area is 228 Å². The van der Waals surface area contributed by atoms with Gasteiger partial charge in [-0.2, -0.15) is 0 Å². The number of phenols is 1. The van der Waals surface area contributed by atoms with E-state index in [-0.39, 0.29) is 19.0 Å². The third-order valence-corrected chi connectivity index (χ3v) is 5.86. The summed E-state index contributed by atoms with van der Waals surface area (Å²) in [4.78, 5) is 24.8.